The lowest BCUT2D eigenvalue weighted by Crippen LogP contribution is -2.43. The van der Waals surface area contributed by atoms with E-state index in [1.165, 1.54) is 0 Å². The number of methoxy groups -OCH3 is 1. The molecule has 1 aliphatic rings. The van der Waals surface area contributed by atoms with Gasteiger partial charge in [0.2, 0.25) is 0 Å². The zero-order valence-electron chi connectivity index (χ0n) is 14.3. The number of benzene rings is 2. The number of likely N-dealkylation sites (tertiary alicyclic amines) is 1. The fraction of sp³-hybridized carbons (Fsp3) is 0.350. The molecule has 0 saturated carbocycles. The first-order chi connectivity index (χ1) is 12.2. The van der Waals surface area contributed by atoms with Gasteiger partial charge in [-0.2, -0.15) is 0 Å². The first-order valence-corrected chi connectivity index (χ1v) is 8.50. The Morgan fingerprint density at radius 3 is 2.28 bits per heavy atom. The molecule has 132 valence electrons. The topological polar surface area (TPSA) is 59.0 Å². The van der Waals surface area contributed by atoms with Gasteiger partial charge in [0.05, 0.1) is 7.11 Å². The number of para-hydroxylation sites is 2. The van der Waals surface area contributed by atoms with Crippen LogP contribution in [0.2, 0.25) is 0 Å². The average molecular weight is 341 g/mol. The van der Waals surface area contributed by atoms with Gasteiger partial charge in [0.15, 0.2) is 17.6 Å². The molecule has 0 radical (unpaired) electrons. The summed E-state index contributed by atoms with van der Waals surface area (Å²) in [5, 5.41) is 10.3. The highest BCUT2D eigenvalue weighted by atomic mass is 16.5. The number of aliphatic hydroxyl groups excluding tert-OH is 1. The second-order valence-corrected chi connectivity index (χ2v) is 6.11. The number of carbonyl (C=O) groups is 1. The molecule has 0 aliphatic carbocycles. The zero-order chi connectivity index (χ0) is 17.6. The smallest absolute Gasteiger partial charge is 0.256 e. The fourth-order valence-corrected chi connectivity index (χ4v) is 3.04. The summed E-state index contributed by atoms with van der Waals surface area (Å²) in [6, 6.07) is 16.6. The minimum Gasteiger partial charge on any atom is -0.493 e. The minimum atomic E-state index is -1.10. The van der Waals surface area contributed by atoms with Crippen molar-refractivity contribution in [2.24, 2.45) is 0 Å². The lowest BCUT2D eigenvalue weighted by molar-refractivity contribution is -0.142. The molecule has 0 unspecified atom stereocenters. The summed E-state index contributed by atoms with van der Waals surface area (Å²) in [6.07, 6.45) is 0.387. The maximum Gasteiger partial charge on any atom is 0.256 e. The maximum absolute atomic E-state index is 12.5. The van der Waals surface area contributed by atoms with Crippen LogP contribution in [0.1, 0.15) is 24.5 Å². The van der Waals surface area contributed by atoms with Gasteiger partial charge in [-0.25, -0.2) is 0 Å². The SMILES string of the molecule is COc1ccccc1OC1CCN(C(=O)[C@@H](O)c2ccccc2)CC1. The third kappa shape index (κ3) is 4.12. The van der Waals surface area contributed by atoms with Gasteiger partial charge in [0.1, 0.15) is 6.10 Å². The largest absolute Gasteiger partial charge is 0.493 e. The van der Waals surface area contributed by atoms with E-state index in [1.807, 2.05) is 42.5 Å². The predicted molar refractivity (Wildman–Crippen MR) is 94.6 cm³/mol. The molecule has 0 spiro atoms. The summed E-state index contributed by atoms with van der Waals surface area (Å²) >= 11 is 0. The molecule has 1 atom stereocenters. The molecule has 5 heteroatoms. The van der Waals surface area contributed by atoms with E-state index in [2.05, 4.69) is 0 Å². The lowest BCUT2D eigenvalue weighted by atomic mass is 10.0. The second kappa shape index (κ2) is 8.03. The molecule has 25 heavy (non-hydrogen) atoms. The summed E-state index contributed by atoms with van der Waals surface area (Å²) in [5.74, 6) is 1.18. The highest BCUT2D eigenvalue weighted by Crippen LogP contribution is 2.29. The monoisotopic (exact) mass is 341 g/mol. The van der Waals surface area contributed by atoms with Gasteiger partial charge in [-0.3, -0.25) is 4.79 Å². The highest BCUT2D eigenvalue weighted by Gasteiger charge is 2.28. The van der Waals surface area contributed by atoms with Crippen LogP contribution in [0.4, 0.5) is 0 Å². The second-order valence-electron chi connectivity index (χ2n) is 6.11. The Hall–Kier alpha value is -2.53. The number of aliphatic hydroxyl groups is 1. The Labute approximate surface area is 147 Å². The Morgan fingerprint density at radius 2 is 1.64 bits per heavy atom. The molecule has 1 aliphatic heterocycles. The lowest BCUT2D eigenvalue weighted by Gasteiger charge is -2.33. The fourth-order valence-electron chi connectivity index (χ4n) is 3.04. The third-order valence-corrected chi connectivity index (χ3v) is 4.47. The summed E-state index contributed by atoms with van der Waals surface area (Å²) in [4.78, 5) is 14.2. The molecular weight excluding hydrogens is 318 g/mol. The van der Waals surface area contributed by atoms with Crippen LogP contribution in [0.15, 0.2) is 54.6 Å². The molecule has 3 rings (SSSR count). The Bertz CT molecular complexity index is 696. The molecule has 1 fully saturated rings. The van der Waals surface area contributed by atoms with Crippen molar-refractivity contribution in [3.8, 4) is 11.5 Å². The number of hydrogen-bond donors (Lipinski definition) is 1. The number of nitrogens with zero attached hydrogens (tertiary/aromatic N) is 1. The van der Waals surface area contributed by atoms with Crippen LogP contribution in [-0.2, 0) is 4.79 Å². The predicted octanol–water partition coefficient (Wildman–Crippen LogP) is 2.80. The van der Waals surface area contributed by atoms with E-state index in [1.54, 1.807) is 24.1 Å². The molecular formula is C20H23NO4. The van der Waals surface area contributed by atoms with Crippen molar-refractivity contribution in [3.05, 3.63) is 60.2 Å². The average Bonchev–Trinajstić information content (AvgIpc) is 2.68. The van der Waals surface area contributed by atoms with Gasteiger partial charge in [0.25, 0.3) is 5.91 Å². The van der Waals surface area contributed by atoms with Gasteiger partial charge in [0, 0.05) is 25.9 Å². The number of ether oxygens (including phenoxy) is 2. The van der Waals surface area contributed by atoms with Crippen molar-refractivity contribution in [2.75, 3.05) is 20.2 Å². The van der Waals surface area contributed by atoms with Crippen molar-refractivity contribution in [1.29, 1.82) is 0 Å². The van der Waals surface area contributed by atoms with Gasteiger partial charge in [-0.1, -0.05) is 42.5 Å². The molecule has 2 aromatic carbocycles. The number of amides is 1. The molecule has 1 amide bonds. The molecule has 1 heterocycles. The van der Waals surface area contributed by atoms with Crippen molar-refractivity contribution < 1.29 is 19.4 Å². The van der Waals surface area contributed by atoms with E-state index in [0.29, 0.717) is 24.4 Å². The third-order valence-electron chi connectivity index (χ3n) is 4.47. The van der Waals surface area contributed by atoms with E-state index >= 15 is 0 Å². The van der Waals surface area contributed by atoms with Crippen molar-refractivity contribution in [2.45, 2.75) is 25.0 Å². The van der Waals surface area contributed by atoms with Crippen molar-refractivity contribution in [3.63, 3.8) is 0 Å². The van der Waals surface area contributed by atoms with Gasteiger partial charge in [-0.05, 0) is 17.7 Å². The quantitative estimate of drug-likeness (QED) is 0.908. The number of hydrogen-bond acceptors (Lipinski definition) is 4. The number of rotatable bonds is 5. The first-order valence-electron chi connectivity index (χ1n) is 8.50. The van der Waals surface area contributed by atoms with Crippen LogP contribution >= 0.6 is 0 Å². The zero-order valence-corrected chi connectivity index (χ0v) is 14.3. The Morgan fingerprint density at radius 1 is 1.04 bits per heavy atom. The van der Waals surface area contributed by atoms with E-state index in [-0.39, 0.29) is 12.0 Å². The molecule has 0 bridgehead atoms. The standard InChI is InChI=1S/C20H23NO4/c1-24-17-9-5-6-10-18(17)25-16-11-13-21(14-12-16)20(23)19(22)15-7-3-2-4-8-15/h2-10,16,19,22H,11-14H2,1H3/t19-/m0/s1. The van der Waals surface area contributed by atoms with E-state index < -0.39 is 6.10 Å². The van der Waals surface area contributed by atoms with Gasteiger partial charge < -0.3 is 19.5 Å². The van der Waals surface area contributed by atoms with Crippen LogP contribution in [0.25, 0.3) is 0 Å². The number of carbonyl (C=O) groups excluding carboxylic acids is 1. The van der Waals surface area contributed by atoms with Crippen molar-refractivity contribution in [1.82, 2.24) is 4.90 Å². The van der Waals surface area contributed by atoms with Crippen LogP contribution in [-0.4, -0.2) is 42.2 Å². The van der Waals surface area contributed by atoms with Gasteiger partial charge >= 0.3 is 0 Å². The summed E-state index contributed by atoms with van der Waals surface area (Å²) in [6.45, 7) is 1.14. The van der Waals surface area contributed by atoms with E-state index in [4.69, 9.17) is 9.47 Å². The van der Waals surface area contributed by atoms with Crippen LogP contribution in [0.5, 0.6) is 11.5 Å². The van der Waals surface area contributed by atoms with Crippen LogP contribution < -0.4 is 9.47 Å². The molecule has 0 aromatic heterocycles. The summed E-state index contributed by atoms with van der Waals surface area (Å²) in [5.41, 5.74) is 0.625. The Kier molecular flexibility index (Phi) is 5.56. The summed E-state index contributed by atoms with van der Waals surface area (Å²) < 4.78 is 11.3. The maximum atomic E-state index is 12.5. The molecule has 1 N–H and O–H groups in total. The van der Waals surface area contributed by atoms with Crippen LogP contribution in [0.3, 0.4) is 0 Å². The molecule has 2 aromatic rings. The normalized spacial score (nSPS) is 16.3. The van der Waals surface area contributed by atoms with Crippen LogP contribution in [0, 0.1) is 0 Å². The first kappa shape index (κ1) is 17.3. The van der Waals surface area contributed by atoms with E-state index in [0.717, 1.165) is 18.6 Å². The molecule has 5 nitrogen and oxygen atoms in total. The van der Waals surface area contributed by atoms with E-state index in [9.17, 15) is 9.90 Å². The number of piperidine rings is 1. The Balaban J connectivity index is 1.56. The van der Waals surface area contributed by atoms with Crippen molar-refractivity contribution >= 4 is 5.91 Å². The van der Waals surface area contributed by atoms with Gasteiger partial charge in [-0.15, -0.1) is 0 Å². The molecule has 1 saturated heterocycles. The summed E-state index contributed by atoms with van der Waals surface area (Å²) in [7, 11) is 1.62. The minimum absolute atomic E-state index is 0.0363. The highest BCUT2D eigenvalue weighted by molar-refractivity contribution is 5.82.